The quantitative estimate of drug-likeness (QED) is 0.850. The number of rotatable bonds is 2. The number of amides is 2. The smallest absolute Gasteiger partial charge is 0.369 e. The molecule has 1 heterocycles. The van der Waals surface area contributed by atoms with Gasteiger partial charge in [-0.25, -0.2) is 4.39 Å². The maximum atomic E-state index is 13.3. The second kappa shape index (κ2) is 5.94. The molecule has 1 aliphatic rings. The number of alkyl halides is 3. The molecule has 1 aromatic carbocycles. The number of carbonyl (C=O) groups excluding carboxylic acids is 2. The van der Waals surface area contributed by atoms with Crippen molar-refractivity contribution in [3.05, 3.63) is 35.1 Å². The summed E-state index contributed by atoms with van der Waals surface area (Å²) in [5, 5.41) is 0. The Hall–Kier alpha value is -2.12. The minimum atomic E-state index is -4.73. The molecule has 0 bridgehead atoms. The molecule has 0 aromatic heterocycles. The lowest BCUT2D eigenvalue weighted by atomic mass is 9.95. The summed E-state index contributed by atoms with van der Waals surface area (Å²) in [6, 6.07) is 1.75. The maximum absolute atomic E-state index is 13.3. The fraction of sp³-hybridized carbons (Fsp3) is 0.429. The molecule has 0 atom stereocenters. The summed E-state index contributed by atoms with van der Waals surface area (Å²) < 4.78 is 51.3. The Kier molecular flexibility index (Phi) is 4.39. The zero-order valence-corrected chi connectivity index (χ0v) is 11.5. The number of piperidine rings is 1. The molecule has 1 fully saturated rings. The monoisotopic (exact) mass is 318 g/mol. The van der Waals surface area contributed by atoms with Crippen LogP contribution in [0, 0.1) is 11.7 Å². The Morgan fingerprint density at radius 3 is 2.23 bits per heavy atom. The summed E-state index contributed by atoms with van der Waals surface area (Å²) in [6.45, 7) is 0.397. The molecule has 22 heavy (non-hydrogen) atoms. The molecule has 2 N–H and O–H groups in total. The van der Waals surface area contributed by atoms with Crippen LogP contribution in [-0.4, -0.2) is 29.8 Å². The van der Waals surface area contributed by atoms with Crippen molar-refractivity contribution in [1.82, 2.24) is 4.90 Å². The molecule has 1 aliphatic heterocycles. The van der Waals surface area contributed by atoms with Gasteiger partial charge in [0.05, 0.1) is 5.56 Å². The van der Waals surface area contributed by atoms with E-state index < -0.39 is 29.4 Å². The highest BCUT2D eigenvalue weighted by atomic mass is 19.4. The fourth-order valence-electron chi connectivity index (χ4n) is 2.43. The average Bonchev–Trinajstić information content (AvgIpc) is 2.45. The predicted octanol–water partition coefficient (Wildman–Crippen LogP) is 2.18. The summed E-state index contributed by atoms with van der Waals surface area (Å²) in [5.74, 6) is -2.61. The van der Waals surface area contributed by atoms with Crippen molar-refractivity contribution >= 4 is 11.8 Å². The number of hydrogen-bond donors (Lipinski definition) is 1. The third-order valence-corrected chi connectivity index (χ3v) is 3.66. The van der Waals surface area contributed by atoms with Crippen LogP contribution >= 0.6 is 0 Å². The van der Waals surface area contributed by atoms with E-state index in [0.29, 0.717) is 25.0 Å². The molecule has 4 nitrogen and oxygen atoms in total. The summed E-state index contributed by atoms with van der Waals surface area (Å²) in [5.41, 5.74) is 3.61. The minimum Gasteiger partial charge on any atom is -0.369 e. The van der Waals surface area contributed by atoms with E-state index >= 15 is 0 Å². The van der Waals surface area contributed by atoms with Crippen molar-refractivity contribution in [2.24, 2.45) is 11.7 Å². The van der Waals surface area contributed by atoms with Crippen LogP contribution in [0.4, 0.5) is 17.6 Å². The van der Waals surface area contributed by atoms with Crippen LogP contribution in [0.1, 0.15) is 28.8 Å². The summed E-state index contributed by atoms with van der Waals surface area (Å²) in [4.78, 5) is 24.5. The molecule has 2 amide bonds. The lowest BCUT2D eigenvalue weighted by molar-refractivity contribution is -0.137. The number of hydrogen-bond acceptors (Lipinski definition) is 2. The molecule has 0 radical (unpaired) electrons. The van der Waals surface area contributed by atoms with Gasteiger partial charge in [-0.05, 0) is 31.0 Å². The topological polar surface area (TPSA) is 63.4 Å². The van der Waals surface area contributed by atoms with Gasteiger partial charge < -0.3 is 10.6 Å². The van der Waals surface area contributed by atoms with Crippen LogP contribution in [0.15, 0.2) is 18.2 Å². The average molecular weight is 318 g/mol. The van der Waals surface area contributed by atoms with Gasteiger partial charge in [-0.2, -0.15) is 13.2 Å². The summed E-state index contributed by atoms with van der Waals surface area (Å²) in [7, 11) is 0. The third kappa shape index (κ3) is 3.55. The first kappa shape index (κ1) is 16.3. The second-order valence-electron chi connectivity index (χ2n) is 5.20. The van der Waals surface area contributed by atoms with E-state index in [0.717, 1.165) is 6.07 Å². The van der Waals surface area contributed by atoms with Gasteiger partial charge >= 0.3 is 6.18 Å². The van der Waals surface area contributed by atoms with Gasteiger partial charge in [-0.1, -0.05) is 0 Å². The van der Waals surface area contributed by atoms with E-state index in [2.05, 4.69) is 0 Å². The van der Waals surface area contributed by atoms with E-state index in [1.165, 1.54) is 4.90 Å². The predicted molar refractivity (Wildman–Crippen MR) is 69.2 cm³/mol. The molecular weight excluding hydrogens is 304 g/mol. The fourth-order valence-corrected chi connectivity index (χ4v) is 2.43. The molecular formula is C14H14F4N2O2. The molecule has 2 rings (SSSR count). The van der Waals surface area contributed by atoms with Gasteiger partial charge in [-0.15, -0.1) is 0 Å². The number of carbonyl (C=O) groups is 2. The molecule has 0 saturated carbocycles. The van der Waals surface area contributed by atoms with Crippen molar-refractivity contribution in [1.29, 1.82) is 0 Å². The van der Waals surface area contributed by atoms with Gasteiger partial charge in [0.2, 0.25) is 5.91 Å². The molecule has 0 spiro atoms. The Morgan fingerprint density at radius 2 is 1.73 bits per heavy atom. The van der Waals surface area contributed by atoms with Crippen LogP contribution in [0.2, 0.25) is 0 Å². The van der Waals surface area contributed by atoms with E-state index in [1.54, 1.807) is 0 Å². The molecule has 8 heteroatoms. The number of primary amides is 1. The van der Waals surface area contributed by atoms with Crippen LogP contribution in [0.3, 0.4) is 0 Å². The normalized spacial score (nSPS) is 16.6. The molecule has 120 valence electrons. The highest BCUT2D eigenvalue weighted by Gasteiger charge is 2.33. The Bertz CT molecular complexity index is 593. The molecule has 0 unspecified atom stereocenters. The zero-order chi connectivity index (χ0) is 16.5. The highest BCUT2D eigenvalue weighted by molar-refractivity contribution is 5.94. The summed E-state index contributed by atoms with van der Waals surface area (Å²) in [6.07, 6.45) is -4.03. The van der Waals surface area contributed by atoms with Crippen LogP contribution < -0.4 is 5.73 Å². The number of benzene rings is 1. The van der Waals surface area contributed by atoms with Gasteiger partial charge in [0.25, 0.3) is 5.91 Å². The van der Waals surface area contributed by atoms with Crippen molar-refractivity contribution in [3.63, 3.8) is 0 Å². The molecule has 1 aromatic rings. The highest BCUT2D eigenvalue weighted by Crippen LogP contribution is 2.31. The Balaban J connectivity index is 2.17. The van der Waals surface area contributed by atoms with Crippen molar-refractivity contribution in [3.8, 4) is 0 Å². The zero-order valence-electron chi connectivity index (χ0n) is 11.5. The van der Waals surface area contributed by atoms with E-state index in [4.69, 9.17) is 5.73 Å². The Morgan fingerprint density at radius 1 is 1.14 bits per heavy atom. The molecule has 1 saturated heterocycles. The number of halogens is 4. The first-order valence-electron chi connectivity index (χ1n) is 6.65. The van der Waals surface area contributed by atoms with Crippen molar-refractivity contribution in [2.45, 2.75) is 19.0 Å². The third-order valence-electron chi connectivity index (χ3n) is 3.66. The van der Waals surface area contributed by atoms with Crippen LogP contribution in [-0.2, 0) is 11.0 Å². The largest absolute Gasteiger partial charge is 0.416 e. The Labute approximate surface area is 123 Å². The lowest BCUT2D eigenvalue weighted by Crippen LogP contribution is -2.41. The number of nitrogens with two attached hydrogens (primary N) is 1. The van der Waals surface area contributed by atoms with Gasteiger partial charge in [0.15, 0.2) is 0 Å². The first-order chi connectivity index (χ1) is 10.2. The van der Waals surface area contributed by atoms with Crippen LogP contribution in [0.5, 0.6) is 0 Å². The van der Waals surface area contributed by atoms with Crippen molar-refractivity contribution in [2.75, 3.05) is 13.1 Å². The first-order valence-corrected chi connectivity index (χ1v) is 6.65. The minimum absolute atomic E-state index is 0.199. The number of nitrogens with zero attached hydrogens (tertiary/aromatic N) is 1. The van der Waals surface area contributed by atoms with E-state index in [9.17, 15) is 27.2 Å². The molecule has 0 aliphatic carbocycles. The summed E-state index contributed by atoms with van der Waals surface area (Å²) >= 11 is 0. The van der Waals surface area contributed by atoms with Gasteiger partial charge in [0.1, 0.15) is 5.82 Å². The van der Waals surface area contributed by atoms with E-state index in [1.807, 2.05) is 0 Å². The maximum Gasteiger partial charge on any atom is 0.416 e. The van der Waals surface area contributed by atoms with Gasteiger partial charge in [-0.3, -0.25) is 9.59 Å². The SMILES string of the molecule is NC(=O)C1CCN(C(=O)c2cc(F)cc(C(F)(F)F)c2)CC1. The van der Waals surface area contributed by atoms with Crippen molar-refractivity contribution < 1.29 is 27.2 Å². The lowest BCUT2D eigenvalue weighted by Gasteiger charge is -2.30. The van der Waals surface area contributed by atoms with Crippen LogP contribution in [0.25, 0.3) is 0 Å². The second-order valence-corrected chi connectivity index (χ2v) is 5.20. The van der Waals surface area contributed by atoms with Gasteiger partial charge in [0, 0.05) is 24.6 Å². The number of likely N-dealkylation sites (tertiary alicyclic amines) is 1. The van der Waals surface area contributed by atoms with E-state index in [-0.39, 0.29) is 24.6 Å². The standard InChI is InChI=1S/C14H14F4N2O2/c15-11-6-9(5-10(7-11)14(16,17)18)13(22)20-3-1-8(2-4-20)12(19)21/h5-8H,1-4H2,(H2,19,21).